The maximum atomic E-state index is 4.31. The molecule has 0 amide bonds. The van der Waals surface area contributed by atoms with Crippen LogP contribution in [0.3, 0.4) is 0 Å². The molecule has 4 nitrogen and oxygen atoms in total. The summed E-state index contributed by atoms with van der Waals surface area (Å²) in [5, 5.41) is 14.8. The first-order valence-corrected chi connectivity index (χ1v) is 6.72. The number of hydrogen-bond donors (Lipinski definition) is 2. The highest BCUT2D eigenvalue weighted by molar-refractivity contribution is 5.86. The van der Waals surface area contributed by atoms with Crippen LogP contribution in [-0.2, 0) is 0 Å². The van der Waals surface area contributed by atoms with Crippen molar-refractivity contribution in [3.8, 4) is 22.3 Å². The van der Waals surface area contributed by atoms with E-state index >= 15 is 0 Å². The van der Waals surface area contributed by atoms with Crippen molar-refractivity contribution in [2.24, 2.45) is 0 Å². The first-order valence-electron chi connectivity index (χ1n) is 6.72. The minimum atomic E-state index is 1.02. The van der Waals surface area contributed by atoms with E-state index in [2.05, 4.69) is 58.5 Å². The number of aromatic nitrogens is 4. The van der Waals surface area contributed by atoms with Crippen LogP contribution in [0.5, 0.6) is 0 Å². The molecular weight excluding hydrogens is 248 g/mol. The molecule has 0 saturated carbocycles. The first-order chi connectivity index (χ1) is 9.59. The van der Waals surface area contributed by atoms with E-state index in [0.29, 0.717) is 0 Å². The van der Waals surface area contributed by atoms with E-state index in [-0.39, 0.29) is 0 Å². The van der Waals surface area contributed by atoms with Gasteiger partial charge >= 0.3 is 0 Å². The van der Waals surface area contributed by atoms with Crippen molar-refractivity contribution in [1.82, 2.24) is 20.4 Å². The summed E-state index contributed by atoms with van der Waals surface area (Å²) in [5.74, 6) is 0. The number of rotatable bonds is 2. The molecule has 0 bridgehead atoms. The van der Waals surface area contributed by atoms with Crippen LogP contribution in [0.25, 0.3) is 22.3 Å². The average molecular weight is 266 g/mol. The number of aryl methyl sites for hydroxylation is 4. The number of hydrogen-bond acceptors (Lipinski definition) is 2. The molecule has 1 aromatic carbocycles. The lowest BCUT2D eigenvalue weighted by atomic mass is 9.92. The van der Waals surface area contributed by atoms with Gasteiger partial charge in [0.05, 0.1) is 11.4 Å². The van der Waals surface area contributed by atoms with E-state index in [0.717, 1.165) is 22.8 Å². The van der Waals surface area contributed by atoms with Crippen LogP contribution in [0, 0.1) is 27.7 Å². The molecule has 0 fully saturated rings. The van der Waals surface area contributed by atoms with Crippen LogP contribution in [0.1, 0.15) is 22.8 Å². The molecule has 0 saturated heterocycles. The fourth-order valence-corrected chi connectivity index (χ4v) is 2.81. The van der Waals surface area contributed by atoms with E-state index < -0.39 is 0 Å². The molecule has 3 rings (SSSR count). The van der Waals surface area contributed by atoms with Crippen molar-refractivity contribution in [3.63, 3.8) is 0 Å². The van der Waals surface area contributed by atoms with Gasteiger partial charge in [-0.15, -0.1) is 0 Å². The molecule has 2 aromatic heterocycles. The van der Waals surface area contributed by atoms with Gasteiger partial charge in [0.2, 0.25) is 0 Å². The molecule has 102 valence electrons. The molecular formula is C16H18N4. The highest BCUT2D eigenvalue weighted by atomic mass is 15.1. The van der Waals surface area contributed by atoms with Crippen molar-refractivity contribution >= 4 is 0 Å². The standard InChI is InChI=1S/C16H18N4/c1-9-15(10(2)18-17-9)13-7-5-6-8-14(13)16-11(3)19-20-12(16)4/h5-8H,1-4H3,(H,17,18)(H,19,20). The Balaban J connectivity index is 2.30. The van der Waals surface area contributed by atoms with E-state index in [4.69, 9.17) is 0 Å². The Bertz CT molecular complexity index is 660. The van der Waals surface area contributed by atoms with Crippen LogP contribution in [0.2, 0.25) is 0 Å². The third kappa shape index (κ3) is 1.84. The van der Waals surface area contributed by atoms with Crippen LogP contribution >= 0.6 is 0 Å². The molecule has 0 aliphatic carbocycles. The second-order valence-electron chi connectivity index (χ2n) is 5.16. The quantitative estimate of drug-likeness (QED) is 0.743. The van der Waals surface area contributed by atoms with Gasteiger partial charge in [-0.25, -0.2) is 0 Å². The Morgan fingerprint density at radius 1 is 0.700 bits per heavy atom. The zero-order valence-corrected chi connectivity index (χ0v) is 12.2. The third-order valence-electron chi connectivity index (χ3n) is 3.72. The summed E-state index contributed by atoms with van der Waals surface area (Å²) >= 11 is 0. The minimum Gasteiger partial charge on any atom is -0.282 e. The van der Waals surface area contributed by atoms with Gasteiger partial charge in [-0.3, -0.25) is 10.2 Å². The van der Waals surface area contributed by atoms with Gasteiger partial charge < -0.3 is 0 Å². The highest BCUT2D eigenvalue weighted by Crippen LogP contribution is 2.36. The Morgan fingerprint density at radius 2 is 1.10 bits per heavy atom. The van der Waals surface area contributed by atoms with Gasteiger partial charge in [0.25, 0.3) is 0 Å². The zero-order valence-electron chi connectivity index (χ0n) is 12.2. The lowest BCUT2D eigenvalue weighted by Gasteiger charge is -2.10. The Labute approximate surface area is 118 Å². The Morgan fingerprint density at radius 3 is 1.40 bits per heavy atom. The van der Waals surface area contributed by atoms with Gasteiger partial charge in [0, 0.05) is 22.5 Å². The number of H-pyrrole nitrogens is 2. The SMILES string of the molecule is Cc1n[nH]c(C)c1-c1ccccc1-c1c(C)n[nH]c1C. The molecule has 0 unspecified atom stereocenters. The monoisotopic (exact) mass is 266 g/mol. The van der Waals surface area contributed by atoms with Gasteiger partial charge in [-0.05, 0) is 38.8 Å². The van der Waals surface area contributed by atoms with Crippen molar-refractivity contribution in [1.29, 1.82) is 0 Å². The van der Waals surface area contributed by atoms with Crippen molar-refractivity contribution in [2.75, 3.05) is 0 Å². The molecule has 0 atom stereocenters. The Kier molecular flexibility index (Phi) is 2.93. The van der Waals surface area contributed by atoms with Gasteiger partial charge in [-0.1, -0.05) is 24.3 Å². The summed E-state index contributed by atoms with van der Waals surface area (Å²) < 4.78 is 0. The predicted molar refractivity (Wildman–Crippen MR) is 80.6 cm³/mol. The summed E-state index contributed by atoms with van der Waals surface area (Å²) in [6.45, 7) is 8.18. The molecule has 0 aliphatic rings. The van der Waals surface area contributed by atoms with Crippen molar-refractivity contribution in [3.05, 3.63) is 47.0 Å². The lowest BCUT2D eigenvalue weighted by Crippen LogP contribution is -1.89. The lowest BCUT2D eigenvalue weighted by molar-refractivity contribution is 1.02. The molecule has 4 heteroatoms. The normalized spacial score (nSPS) is 11.0. The minimum absolute atomic E-state index is 1.02. The average Bonchev–Trinajstić information content (AvgIpc) is 2.93. The summed E-state index contributed by atoms with van der Waals surface area (Å²) in [4.78, 5) is 0. The largest absolute Gasteiger partial charge is 0.282 e. The molecule has 20 heavy (non-hydrogen) atoms. The summed E-state index contributed by atoms with van der Waals surface area (Å²) in [6, 6.07) is 8.42. The summed E-state index contributed by atoms with van der Waals surface area (Å²) in [6.07, 6.45) is 0. The van der Waals surface area contributed by atoms with Crippen LogP contribution < -0.4 is 0 Å². The van der Waals surface area contributed by atoms with Gasteiger partial charge in [-0.2, -0.15) is 10.2 Å². The van der Waals surface area contributed by atoms with E-state index in [9.17, 15) is 0 Å². The fraction of sp³-hybridized carbons (Fsp3) is 0.250. The maximum Gasteiger partial charge on any atom is 0.0672 e. The Hall–Kier alpha value is -2.36. The van der Waals surface area contributed by atoms with E-state index in [1.54, 1.807) is 0 Å². The maximum absolute atomic E-state index is 4.31. The number of nitrogens with zero attached hydrogens (tertiary/aromatic N) is 2. The van der Waals surface area contributed by atoms with Crippen LogP contribution in [0.4, 0.5) is 0 Å². The number of aromatic amines is 2. The number of nitrogens with one attached hydrogen (secondary N) is 2. The van der Waals surface area contributed by atoms with E-state index in [1.807, 2.05) is 13.8 Å². The van der Waals surface area contributed by atoms with Gasteiger partial charge in [0.1, 0.15) is 0 Å². The topological polar surface area (TPSA) is 57.4 Å². The van der Waals surface area contributed by atoms with Crippen LogP contribution in [-0.4, -0.2) is 20.4 Å². The highest BCUT2D eigenvalue weighted by Gasteiger charge is 2.17. The summed E-state index contributed by atoms with van der Waals surface area (Å²) in [5.41, 5.74) is 8.99. The third-order valence-corrected chi connectivity index (χ3v) is 3.72. The molecule has 0 radical (unpaired) electrons. The smallest absolute Gasteiger partial charge is 0.0672 e. The molecule has 3 aromatic rings. The first kappa shape index (κ1) is 12.7. The fourth-order valence-electron chi connectivity index (χ4n) is 2.81. The van der Waals surface area contributed by atoms with Gasteiger partial charge in [0.15, 0.2) is 0 Å². The second kappa shape index (κ2) is 4.63. The van der Waals surface area contributed by atoms with E-state index in [1.165, 1.54) is 22.3 Å². The van der Waals surface area contributed by atoms with Crippen molar-refractivity contribution < 1.29 is 0 Å². The van der Waals surface area contributed by atoms with Crippen LogP contribution in [0.15, 0.2) is 24.3 Å². The molecule has 0 aliphatic heterocycles. The molecule has 2 N–H and O–H groups in total. The summed E-state index contributed by atoms with van der Waals surface area (Å²) in [7, 11) is 0. The second-order valence-corrected chi connectivity index (χ2v) is 5.16. The molecule has 2 heterocycles. The van der Waals surface area contributed by atoms with Crippen molar-refractivity contribution in [2.45, 2.75) is 27.7 Å². The predicted octanol–water partition coefficient (Wildman–Crippen LogP) is 3.70. The molecule has 0 spiro atoms. The number of benzene rings is 1. The zero-order chi connectivity index (χ0) is 14.3.